The van der Waals surface area contributed by atoms with Crippen molar-refractivity contribution in [1.29, 1.82) is 0 Å². The molecular weight excluding hydrogens is 314 g/mol. The van der Waals surface area contributed by atoms with Crippen LogP contribution in [0, 0.1) is 5.92 Å². The van der Waals surface area contributed by atoms with E-state index in [0.717, 1.165) is 44.5 Å². The quantitative estimate of drug-likeness (QED) is 0.565. The van der Waals surface area contributed by atoms with Gasteiger partial charge in [-0.3, -0.25) is 14.7 Å². The maximum absolute atomic E-state index is 11.8. The minimum atomic E-state index is 0.249. The van der Waals surface area contributed by atoms with E-state index in [-0.39, 0.29) is 5.91 Å². The van der Waals surface area contributed by atoms with Crippen LogP contribution in [0.25, 0.3) is 0 Å². The number of piperidine rings is 1. The van der Waals surface area contributed by atoms with Gasteiger partial charge in [-0.1, -0.05) is 13.8 Å². The van der Waals surface area contributed by atoms with Crippen molar-refractivity contribution in [2.75, 3.05) is 39.3 Å². The maximum atomic E-state index is 11.8. The van der Waals surface area contributed by atoms with Crippen LogP contribution in [0.15, 0.2) is 4.99 Å². The lowest BCUT2D eigenvalue weighted by molar-refractivity contribution is -0.129. The average molecular weight is 352 g/mol. The van der Waals surface area contributed by atoms with Crippen LogP contribution in [0.1, 0.15) is 53.4 Å². The van der Waals surface area contributed by atoms with Gasteiger partial charge in [-0.05, 0) is 52.1 Å². The van der Waals surface area contributed by atoms with E-state index in [2.05, 4.69) is 36.3 Å². The van der Waals surface area contributed by atoms with Gasteiger partial charge in [-0.2, -0.15) is 0 Å². The summed E-state index contributed by atoms with van der Waals surface area (Å²) in [6.45, 7) is 14.3. The van der Waals surface area contributed by atoms with E-state index in [1.807, 2.05) is 11.8 Å². The zero-order chi connectivity index (χ0) is 18.2. The molecule has 2 saturated heterocycles. The number of carbonyl (C=O) groups excluding carboxylic acids is 1. The van der Waals surface area contributed by atoms with E-state index in [1.54, 1.807) is 0 Å². The molecule has 2 aliphatic rings. The van der Waals surface area contributed by atoms with Crippen molar-refractivity contribution >= 4 is 11.9 Å². The van der Waals surface area contributed by atoms with Crippen LogP contribution < -0.4 is 10.6 Å². The molecule has 6 heteroatoms. The summed E-state index contributed by atoms with van der Waals surface area (Å²) in [6.07, 6.45) is 4.19. The fourth-order valence-corrected chi connectivity index (χ4v) is 3.65. The van der Waals surface area contributed by atoms with Crippen molar-refractivity contribution in [1.82, 2.24) is 20.4 Å². The lowest BCUT2D eigenvalue weighted by atomic mass is 9.98. The molecule has 0 saturated carbocycles. The fourth-order valence-electron chi connectivity index (χ4n) is 3.65. The summed E-state index contributed by atoms with van der Waals surface area (Å²) < 4.78 is 0. The molecule has 2 atom stereocenters. The number of aliphatic imine (C=N–C) groups is 1. The Bertz CT molecular complexity index is 445. The Morgan fingerprint density at radius 2 is 1.92 bits per heavy atom. The number of nitrogens with zero attached hydrogens (tertiary/aromatic N) is 3. The van der Waals surface area contributed by atoms with Gasteiger partial charge in [0.2, 0.25) is 5.91 Å². The molecule has 0 aromatic rings. The van der Waals surface area contributed by atoms with Crippen molar-refractivity contribution in [3.8, 4) is 0 Å². The Hall–Kier alpha value is -1.30. The predicted molar refractivity (Wildman–Crippen MR) is 104 cm³/mol. The van der Waals surface area contributed by atoms with Crippen LogP contribution in [-0.4, -0.2) is 73.0 Å². The SMILES string of the molecule is CCNC(=NCC(C)N1CCC(C)CC1)NC1CCN(C(=O)CC)C1. The van der Waals surface area contributed by atoms with Gasteiger partial charge in [-0.25, -0.2) is 0 Å². The summed E-state index contributed by atoms with van der Waals surface area (Å²) >= 11 is 0. The molecule has 2 rings (SSSR count). The molecule has 2 unspecified atom stereocenters. The minimum absolute atomic E-state index is 0.249. The van der Waals surface area contributed by atoms with Crippen LogP contribution >= 0.6 is 0 Å². The second kappa shape index (κ2) is 10.00. The van der Waals surface area contributed by atoms with Gasteiger partial charge < -0.3 is 15.5 Å². The molecule has 1 amide bonds. The first kappa shape index (κ1) is 20.0. The van der Waals surface area contributed by atoms with Crippen molar-refractivity contribution in [2.24, 2.45) is 10.9 Å². The summed E-state index contributed by atoms with van der Waals surface area (Å²) in [5.41, 5.74) is 0. The van der Waals surface area contributed by atoms with Gasteiger partial charge in [0.25, 0.3) is 0 Å². The molecular formula is C19H37N5O. The number of likely N-dealkylation sites (tertiary alicyclic amines) is 2. The number of rotatable bonds is 6. The van der Waals surface area contributed by atoms with Crippen molar-refractivity contribution in [2.45, 2.75) is 65.5 Å². The van der Waals surface area contributed by atoms with Gasteiger partial charge >= 0.3 is 0 Å². The highest BCUT2D eigenvalue weighted by Gasteiger charge is 2.26. The van der Waals surface area contributed by atoms with Crippen molar-refractivity contribution in [3.05, 3.63) is 0 Å². The second-order valence-corrected chi connectivity index (χ2v) is 7.61. The molecule has 0 radical (unpaired) electrons. The lowest BCUT2D eigenvalue weighted by Gasteiger charge is -2.34. The zero-order valence-electron chi connectivity index (χ0n) is 16.6. The van der Waals surface area contributed by atoms with Gasteiger partial charge in [0.1, 0.15) is 0 Å². The van der Waals surface area contributed by atoms with E-state index in [4.69, 9.17) is 4.99 Å². The normalized spacial score (nSPS) is 24.4. The van der Waals surface area contributed by atoms with E-state index in [1.165, 1.54) is 25.9 Å². The standard InChI is InChI=1S/C19H37N5O/c1-5-18(25)24-12-9-17(14-24)22-19(20-6-2)21-13-16(4)23-10-7-15(3)8-11-23/h15-17H,5-14H2,1-4H3,(H2,20,21,22). The average Bonchev–Trinajstić information content (AvgIpc) is 3.08. The fraction of sp³-hybridized carbons (Fsp3) is 0.895. The van der Waals surface area contributed by atoms with Gasteiger partial charge in [0, 0.05) is 38.1 Å². The van der Waals surface area contributed by atoms with E-state index < -0.39 is 0 Å². The summed E-state index contributed by atoms with van der Waals surface area (Å²) in [6, 6.07) is 0.782. The van der Waals surface area contributed by atoms with Gasteiger partial charge in [0.05, 0.1) is 6.54 Å². The van der Waals surface area contributed by atoms with Gasteiger partial charge in [-0.15, -0.1) is 0 Å². The summed E-state index contributed by atoms with van der Waals surface area (Å²) in [7, 11) is 0. The van der Waals surface area contributed by atoms with E-state index in [9.17, 15) is 4.79 Å². The highest BCUT2D eigenvalue weighted by atomic mass is 16.2. The summed E-state index contributed by atoms with van der Waals surface area (Å²) in [5.74, 6) is 2.00. The minimum Gasteiger partial charge on any atom is -0.357 e. The molecule has 2 heterocycles. The third-order valence-corrected chi connectivity index (χ3v) is 5.48. The smallest absolute Gasteiger partial charge is 0.222 e. The van der Waals surface area contributed by atoms with Crippen LogP contribution in [0.5, 0.6) is 0 Å². The monoisotopic (exact) mass is 351 g/mol. The Kier molecular flexibility index (Phi) is 8.00. The van der Waals surface area contributed by atoms with Crippen molar-refractivity contribution in [3.63, 3.8) is 0 Å². The Balaban J connectivity index is 1.83. The molecule has 0 aromatic heterocycles. The third kappa shape index (κ3) is 6.17. The van der Waals surface area contributed by atoms with Crippen LogP contribution in [-0.2, 0) is 4.79 Å². The number of guanidine groups is 1. The molecule has 2 N–H and O–H groups in total. The second-order valence-electron chi connectivity index (χ2n) is 7.61. The lowest BCUT2D eigenvalue weighted by Crippen LogP contribution is -2.46. The highest BCUT2D eigenvalue weighted by Crippen LogP contribution is 2.18. The number of hydrogen-bond acceptors (Lipinski definition) is 3. The van der Waals surface area contributed by atoms with E-state index >= 15 is 0 Å². The molecule has 0 aromatic carbocycles. The highest BCUT2D eigenvalue weighted by molar-refractivity contribution is 5.80. The first-order valence-corrected chi connectivity index (χ1v) is 10.1. The molecule has 0 bridgehead atoms. The summed E-state index contributed by atoms with van der Waals surface area (Å²) in [4.78, 5) is 21.2. The Morgan fingerprint density at radius 1 is 1.20 bits per heavy atom. The predicted octanol–water partition coefficient (Wildman–Crippen LogP) is 1.67. The Labute approximate surface area is 153 Å². The molecule has 0 spiro atoms. The van der Waals surface area contributed by atoms with Crippen LogP contribution in [0.4, 0.5) is 0 Å². The first-order chi connectivity index (χ1) is 12.0. The molecule has 0 aliphatic carbocycles. The molecule has 144 valence electrons. The largest absolute Gasteiger partial charge is 0.357 e. The molecule has 2 fully saturated rings. The van der Waals surface area contributed by atoms with E-state index in [0.29, 0.717) is 18.5 Å². The molecule has 25 heavy (non-hydrogen) atoms. The Morgan fingerprint density at radius 3 is 2.56 bits per heavy atom. The molecule has 2 aliphatic heterocycles. The number of carbonyl (C=O) groups is 1. The number of amides is 1. The van der Waals surface area contributed by atoms with Crippen molar-refractivity contribution < 1.29 is 4.79 Å². The van der Waals surface area contributed by atoms with Gasteiger partial charge in [0.15, 0.2) is 5.96 Å². The topological polar surface area (TPSA) is 60.0 Å². The summed E-state index contributed by atoms with van der Waals surface area (Å²) in [5, 5.41) is 6.87. The number of nitrogens with one attached hydrogen (secondary N) is 2. The zero-order valence-corrected chi connectivity index (χ0v) is 16.6. The van der Waals surface area contributed by atoms with Crippen LogP contribution in [0.3, 0.4) is 0 Å². The maximum Gasteiger partial charge on any atom is 0.222 e. The first-order valence-electron chi connectivity index (χ1n) is 10.1. The number of hydrogen-bond donors (Lipinski definition) is 2. The van der Waals surface area contributed by atoms with Crippen LogP contribution in [0.2, 0.25) is 0 Å². The third-order valence-electron chi connectivity index (χ3n) is 5.48. The molecule has 6 nitrogen and oxygen atoms in total.